The van der Waals surface area contributed by atoms with Crippen molar-refractivity contribution in [2.45, 2.75) is 51.0 Å². The molecule has 1 aliphatic carbocycles. The number of carbonyl (C=O) groups is 1. The van der Waals surface area contributed by atoms with Gasteiger partial charge in [-0.2, -0.15) is 0 Å². The zero-order valence-corrected chi connectivity index (χ0v) is 17.5. The summed E-state index contributed by atoms with van der Waals surface area (Å²) in [6.07, 6.45) is 7.57. The number of nitrogens with one attached hydrogen (secondary N) is 1. The maximum Gasteiger partial charge on any atom is 0.251 e. The average Bonchev–Trinajstić information content (AvgIpc) is 2.77. The molecule has 1 aromatic heterocycles. The van der Waals surface area contributed by atoms with Crippen LogP contribution in [0.15, 0.2) is 60.8 Å². The zero-order chi connectivity index (χ0) is 20.2. The van der Waals surface area contributed by atoms with Crippen LogP contribution in [0.4, 0.5) is 0 Å². The lowest BCUT2D eigenvalue weighted by atomic mass is 9.75. The summed E-state index contributed by atoms with van der Waals surface area (Å²) in [5.41, 5.74) is 3.07. The summed E-state index contributed by atoms with van der Waals surface area (Å²) in [6, 6.07) is 17.9. The number of hydrogen-bond donors (Lipinski definition) is 1. The predicted molar refractivity (Wildman–Crippen MR) is 119 cm³/mol. The molecule has 1 fully saturated rings. The second-order valence-electron chi connectivity index (χ2n) is 8.07. The number of aromatic nitrogens is 1. The normalized spacial score (nSPS) is 20.3. The van der Waals surface area contributed by atoms with Crippen molar-refractivity contribution in [1.82, 2.24) is 10.3 Å². The minimum Gasteiger partial charge on any atom is -0.349 e. The average molecular weight is 407 g/mol. The molecule has 1 heterocycles. The fraction of sp³-hybridized carbons (Fsp3) is 0.360. The van der Waals surface area contributed by atoms with Crippen molar-refractivity contribution in [2.75, 3.05) is 0 Å². The van der Waals surface area contributed by atoms with Crippen LogP contribution < -0.4 is 5.32 Å². The molecule has 1 aliphatic rings. The molecule has 1 N–H and O–H groups in total. The molecule has 3 nitrogen and oxygen atoms in total. The highest BCUT2D eigenvalue weighted by Crippen LogP contribution is 2.38. The molecule has 150 valence electrons. The Hall–Kier alpha value is -2.39. The van der Waals surface area contributed by atoms with E-state index in [9.17, 15) is 4.79 Å². The number of halogens is 1. The summed E-state index contributed by atoms with van der Waals surface area (Å²) in [4.78, 5) is 17.3. The van der Waals surface area contributed by atoms with Gasteiger partial charge in [0.15, 0.2) is 0 Å². The van der Waals surface area contributed by atoms with Gasteiger partial charge in [-0.3, -0.25) is 9.78 Å². The van der Waals surface area contributed by atoms with Crippen molar-refractivity contribution in [1.29, 1.82) is 0 Å². The fourth-order valence-corrected chi connectivity index (χ4v) is 4.70. The van der Waals surface area contributed by atoms with Crippen LogP contribution >= 0.6 is 11.6 Å². The van der Waals surface area contributed by atoms with E-state index in [0.717, 1.165) is 37.6 Å². The Labute approximate surface area is 177 Å². The number of amides is 1. The van der Waals surface area contributed by atoms with E-state index in [1.807, 2.05) is 12.3 Å². The van der Waals surface area contributed by atoms with Crippen LogP contribution in [0.2, 0.25) is 5.02 Å². The zero-order valence-electron chi connectivity index (χ0n) is 16.8. The fourth-order valence-electron chi connectivity index (χ4n) is 4.57. The molecule has 2 aromatic carbocycles. The van der Waals surface area contributed by atoms with E-state index in [1.165, 1.54) is 10.9 Å². The highest BCUT2D eigenvalue weighted by Gasteiger charge is 2.28. The molecule has 0 bridgehead atoms. The summed E-state index contributed by atoms with van der Waals surface area (Å²) >= 11 is 5.93. The first kappa shape index (κ1) is 19.9. The van der Waals surface area contributed by atoms with Crippen LogP contribution in [0.5, 0.6) is 0 Å². The molecule has 4 heteroatoms. The van der Waals surface area contributed by atoms with Crippen LogP contribution in [0.25, 0.3) is 10.9 Å². The third kappa shape index (κ3) is 4.62. The SMILES string of the molecule is CCC(NC(=O)c1ccc(Cl)cc1)C1CCC(c2cnc3ccccc3c2)CC1. The van der Waals surface area contributed by atoms with Gasteiger partial charge in [-0.15, -0.1) is 0 Å². The number of benzene rings is 2. The third-order valence-corrected chi connectivity index (χ3v) is 6.54. The van der Waals surface area contributed by atoms with Crippen molar-refractivity contribution in [2.24, 2.45) is 5.92 Å². The van der Waals surface area contributed by atoms with Gasteiger partial charge in [0.1, 0.15) is 0 Å². The summed E-state index contributed by atoms with van der Waals surface area (Å²) in [6.45, 7) is 2.16. The third-order valence-electron chi connectivity index (χ3n) is 6.29. The molecule has 0 spiro atoms. The van der Waals surface area contributed by atoms with Gasteiger partial charge in [0.05, 0.1) is 5.52 Å². The topological polar surface area (TPSA) is 42.0 Å². The molecule has 1 unspecified atom stereocenters. The summed E-state index contributed by atoms with van der Waals surface area (Å²) in [5, 5.41) is 5.12. The van der Waals surface area contributed by atoms with Crippen molar-refractivity contribution in [3.8, 4) is 0 Å². The molecule has 3 aromatic rings. The van der Waals surface area contributed by atoms with Crippen LogP contribution in [0.1, 0.15) is 60.9 Å². The monoisotopic (exact) mass is 406 g/mol. The Balaban J connectivity index is 1.38. The molecule has 1 atom stereocenters. The van der Waals surface area contributed by atoms with Crippen molar-refractivity contribution in [3.05, 3.63) is 76.9 Å². The Morgan fingerprint density at radius 2 is 1.83 bits per heavy atom. The Bertz CT molecular complexity index is 978. The molecule has 0 saturated heterocycles. The lowest BCUT2D eigenvalue weighted by molar-refractivity contribution is 0.0909. The van der Waals surface area contributed by atoms with E-state index in [0.29, 0.717) is 22.4 Å². The standard InChI is InChI=1S/C25H27ClN2O/c1-2-23(28-25(29)19-11-13-22(26)14-12-19)18-9-7-17(8-10-18)21-15-20-5-3-4-6-24(20)27-16-21/h3-6,11-18,23H,2,7-10H2,1H3,(H,28,29). The molecular weight excluding hydrogens is 380 g/mol. The quantitative estimate of drug-likeness (QED) is 0.534. The maximum atomic E-state index is 12.6. The number of rotatable bonds is 5. The highest BCUT2D eigenvalue weighted by molar-refractivity contribution is 6.30. The van der Waals surface area contributed by atoms with Gasteiger partial charge in [0.2, 0.25) is 0 Å². The van der Waals surface area contributed by atoms with E-state index in [1.54, 1.807) is 24.3 Å². The van der Waals surface area contributed by atoms with Gasteiger partial charge >= 0.3 is 0 Å². The Kier molecular flexibility index (Phi) is 6.15. The van der Waals surface area contributed by atoms with Gasteiger partial charge in [-0.25, -0.2) is 0 Å². The lowest BCUT2D eigenvalue weighted by Gasteiger charge is -2.34. The molecule has 0 radical (unpaired) electrons. The first-order valence-electron chi connectivity index (χ1n) is 10.5. The smallest absolute Gasteiger partial charge is 0.251 e. The number of carbonyl (C=O) groups excluding carboxylic acids is 1. The molecule has 1 amide bonds. The molecule has 4 rings (SSSR count). The van der Waals surface area contributed by atoms with E-state index in [-0.39, 0.29) is 11.9 Å². The van der Waals surface area contributed by atoms with Crippen LogP contribution in [0, 0.1) is 5.92 Å². The van der Waals surface area contributed by atoms with Crippen LogP contribution in [0.3, 0.4) is 0 Å². The van der Waals surface area contributed by atoms with Crippen LogP contribution in [-0.4, -0.2) is 16.9 Å². The predicted octanol–water partition coefficient (Wildman–Crippen LogP) is 6.37. The van der Waals surface area contributed by atoms with Gasteiger partial charge in [-0.05, 0) is 85.9 Å². The number of pyridine rings is 1. The van der Waals surface area contributed by atoms with Gasteiger partial charge < -0.3 is 5.32 Å². The number of para-hydroxylation sites is 1. The molecular formula is C25H27ClN2O. The highest BCUT2D eigenvalue weighted by atomic mass is 35.5. The Morgan fingerprint density at radius 3 is 2.55 bits per heavy atom. The van der Waals surface area contributed by atoms with Crippen molar-refractivity contribution in [3.63, 3.8) is 0 Å². The number of hydrogen-bond acceptors (Lipinski definition) is 2. The van der Waals surface area contributed by atoms with E-state index in [4.69, 9.17) is 11.6 Å². The molecule has 29 heavy (non-hydrogen) atoms. The van der Waals surface area contributed by atoms with E-state index < -0.39 is 0 Å². The Morgan fingerprint density at radius 1 is 1.10 bits per heavy atom. The van der Waals surface area contributed by atoms with Crippen molar-refractivity contribution < 1.29 is 4.79 Å². The van der Waals surface area contributed by atoms with E-state index in [2.05, 4.69) is 41.5 Å². The summed E-state index contributed by atoms with van der Waals surface area (Å²) < 4.78 is 0. The summed E-state index contributed by atoms with van der Waals surface area (Å²) in [5.74, 6) is 1.09. The minimum atomic E-state index is -0.00521. The van der Waals surface area contributed by atoms with Crippen molar-refractivity contribution >= 4 is 28.4 Å². The van der Waals surface area contributed by atoms with Crippen LogP contribution in [-0.2, 0) is 0 Å². The summed E-state index contributed by atoms with van der Waals surface area (Å²) in [7, 11) is 0. The first-order chi connectivity index (χ1) is 14.1. The number of fused-ring (bicyclic) bond motifs is 1. The first-order valence-corrected chi connectivity index (χ1v) is 10.9. The largest absolute Gasteiger partial charge is 0.349 e. The van der Waals surface area contributed by atoms with Gasteiger partial charge in [0, 0.05) is 28.2 Å². The van der Waals surface area contributed by atoms with Gasteiger partial charge in [-0.1, -0.05) is 36.7 Å². The number of nitrogens with zero attached hydrogens (tertiary/aromatic N) is 1. The molecule has 1 saturated carbocycles. The second kappa shape index (κ2) is 8.96. The maximum absolute atomic E-state index is 12.6. The lowest BCUT2D eigenvalue weighted by Crippen LogP contribution is -2.41. The van der Waals surface area contributed by atoms with Gasteiger partial charge in [0.25, 0.3) is 5.91 Å². The van der Waals surface area contributed by atoms with E-state index >= 15 is 0 Å². The molecule has 0 aliphatic heterocycles. The minimum absolute atomic E-state index is 0.00521. The second-order valence-corrected chi connectivity index (χ2v) is 8.50.